The van der Waals surface area contributed by atoms with Gasteiger partial charge in [0.25, 0.3) is 0 Å². The van der Waals surface area contributed by atoms with Gasteiger partial charge in [-0.15, -0.1) is 15.3 Å². The molecule has 1 aliphatic heterocycles. The summed E-state index contributed by atoms with van der Waals surface area (Å²) in [6.45, 7) is 16.8. The first-order chi connectivity index (χ1) is 48.7. The molecule has 102 heavy (non-hydrogen) atoms. The minimum Gasteiger partial charge on any atom is -0.393 e. The number of anilines is 4. The molecule has 0 amide bonds. The summed E-state index contributed by atoms with van der Waals surface area (Å²) in [5.74, 6) is 11.0. The number of morpholine rings is 1. The van der Waals surface area contributed by atoms with Crippen molar-refractivity contribution in [2.24, 2.45) is 5.41 Å². The Balaban J connectivity index is 0.000000155. The van der Waals surface area contributed by atoms with Crippen molar-refractivity contribution >= 4 is 71.0 Å². The quantitative estimate of drug-likeness (QED) is 0.0364. The highest BCUT2D eigenvalue weighted by molar-refractivity contribution is 7.99. The molecule has 1 saturated heterocycles. The van der Waals surface area contributed by atoms with E-state index in [0.29, 0.717) is 72.1 Å². The Hall–Kier alpha value is -7.73. The van der Waals surface area contributed by atoms with Gasteiger partial charge in [0.2, 0.25) is 17.8 Å². The van der Waals surface area contributed by atoms with Crippen molar-refractivity contribution in [3.8, 4) is 33.4 Å². The van der Waals surface area contributed by atoms with Crippen molar-refractivity contribution in [3.63, 3.8) is 0 Å². The SMILES string of the molecule is C=S(C)(=O)c1ccc(-c2cc(C3CCC(O)CC3)n3nc(N[C@@H](C)COC)ncc23)cn1.C=S(C)(=O)c1ccc(-c2cc(C3CCC(O)CC3)n3nc(N[C@@H](C)COC)ncc23)cn1.COC[C@H](C)Nc1ncc2c(-c3ccnc(N4CCOC(C(C)(C)C)C4)c3)cc(C3CCC(O)CC3)n2n1. The van der Waals surface area contributed by atoms with E-state index < -0.39 is 19.0 Å². The smallest absolute Gasteiger partial charge is 0.241 e. The van der Waals surface area contributed by atoms with E-state index in [1.165, 1.54) is 5.69 Å². The van der Waals surface area contributed by atoms with Gasteiger partial charge >= 0.3 is 0 Å². The van der Waals surface area contributed by atoms with E-state index in [-0.39, 0.29) is 48.0 Å². The van der Waals surface area contributed by atoms with Crippen LogP contribution >= 0.6 is 0 Å². The van der Waals surface area contributed by atoms with Crippen molar-refractivity contribution in [1.82, 2.24) is 58.7 Å². The molecule has 3 unspecified atom stereocenters. The number of rotatable bonds is 21. The number of fused-ring (bicyclic) bond motifs is 3. The molecule has 10 heterocycles. The molecule has 4 aliphatic rings. The number of nitrogens with one attached hydrogen (secondary N) is 3. The number of aliphatic hydroxyl groups excluding tert-OH is 3. The number of aliphatic hydroxyl groups is 3. The van der Waals surface area contributed by atoms with Crippen LogP contribution in [0.15, 0.2) is 102 Å². The lowest BCUT2D eigenvalue weighted by Crippen LogP contribution is -2.48. The van der Waals surface area contributed by atoms with Gasteiger partial charge in [0, 0.05) is 165 Å². The monoisotopic (exact) mass is 1440 g/mol. The van der Waals surface area contributed by atoms with Gasteiger partial charge in [-0.05, 0) is 163 Å². The van der Waals surface area contributed by atoms with Crippen LogP contribution in [0.1, 0.15) is 153 Å². The molecule has 6 atom stereocenters. The number of hydrogen-bond acceptors (Lipinski definition) is 22. The molecular formula is C75H104N16O9S2. The first-order valence-electron chi connectivity index (χ1n) is 35.6. The number of ether oxygens (including phenoxy) is 4. The highest BCUT2D eigenvalue weighted by Crippen LogP contribution is 2.42. The number of hydrogen-bond donors (Lipinski definition) is 6. The molecule has 3 aliphatic carbocycles. The first kappa shape index (κ1) is 75.4. The minimum absolute atomic E-state index is 0.0705. The van der Waals surface area contributed by atoms with Crippen LogP contribution < -0.4 is 20.9 Å². The van der Waals surface area contributed by atoms with Crippen molar-refractivity contribution in [2.45, 2.75) is 189 Å². The fourth-order valence-electron chi connectivity index (χ4n) is 14.2. The molecule has 0 radical (unpaired) electrons. The Bertz CT molecular complexity index is 4310. The Morgan fingerprint density at radius 2 is 0.882 bits per heavy atom. The zero-order valence-electron chi connectivity index (χ0n) is 61.0. The number of aromatic nitrogens is 12. The van der Waals surface area contributed by atoms with Crippen LogP contribution in [0.25, 0.3) is 49.9 Å². The van der Waals surface area contributed by atoms with E-state index in [4.69, 9.17) is 39.2 Å². The average molecular weight is 1440 g/mol. The molecule has 4 fully saturated rings. The highest BCUT2D eigenvalue weighted by Gasteiger charge is 2.33. The molecule has 0 bridgehead atoms. The standard InChI is InChI=1S/C29H42N6O3.2C23H31N5O3S/c1-19(18-37-5)32-28-31-16-25-23(15-24(35(25)33-28)20-6-8-22(36)9-7-20)21-10-11-30-27(14-21)34-12-13-38-26(17-34)29(2,3)4;2*1-15(14-31-2)26-23-25-13-21-19(17-7-10-22(24-12-17)32(3,4)30)11-20(28(21)27-23)16-5-8-18(29)9-6-16/h10-11,14-16,19-20,22,26,36H,6-9,12-13,17-18H2,1-5H3,(H,32,33);2*7,10-13,15-16,18,29H,3,5-6,8-9,14H2,1-2,4H3,(H,26,27)/t19-,20?,22?,26?;2*15-,16?,18?,32?/m000/s1. The van der Waals surface area contributed by atoms with Gasteiger partial charge in [0.1, 0.15) is 15.9 Å². The summed E-state index contributed by atoms with van der Waals surface area (Å²) in [6, 6.07) is 18.5. The maximum atomic E-state index is 12.2. The van der Waals surface area contributed by atoms with Crippen LogP contribution in [0.4, 0.5) is 23.7 Å². The van der Waals surface area contributed by atoms with Gasteiger partial charge in [0.05, 0.1) is 86.0 Å². The van der Waals surface area contributed by atoms with Gasteiger partial charge in [-0.2, -0.15) is 0 Å². The third-order valence-corrected chi connectivity index (χ3v) is 22.0. The average Bonchev–Trinajstić information content (AvgIpc) is 1.63. The molecule has 550 valence electrons. The summed E-state index contributed by atoms with van der Waals surface area (Å²) in [4.78, 5) is 29.6. The molecule has 3 saturated carbocycles. The van der Waals surface area contributed by atoms with E-state index >= 15 is 0 Å². The molecule has 6 N–H and O–H groups in total. The van der Waals surface area contributed by atoms with Crippen LogP contribution in [-0.4, -0.2) is 210 Å². The van der Waals surface area contributed by atoms with E-state index in [9.17, 15) is 23.7 Å². The zero-order valence-corrected chi connectivity index (χ0v) is 62.6. The third kappa shape index (κ3) is 18.4. The maximum Gasteiger partial charge on any atom is 0.241 e. The Kier molecular flexibility index (Phi) is 24.4. The lowest BCUT2D eigenvalue weighted by atomic mass is 9.85. The fraction of sp³-hybridized carbons (Fsp3) is 0.533. The lowest BCUT2D eigenvalue weighted by Gasteiger charge is -2.40. The van der Waals surface area contributed by atoms with Gasteiger partial charge in [-0.1, -0.05) is 32.9 Å². The van der Waals surface area contributed by atoms with Crippen molar-refractivity contribution in [1.29, 1.82) is 0 Å². The van der Waals surface area contributed by atoms with E-state index in [2.05, 4.69) is 120 Å². The van der Waals surface area contributed by atoms with Crippen LogP contribution in [0, 0.1) is 5.41 Å². The van der Waals surface area contributed by atoms with Gasteiger partial charge < -0.3 is 55.1 Å². The van der Waals surface area contributed by atoms with Crippen LogP contribution in [0.3, 0.4) is 0 Å². The predicted octanol–water partition coefficient (Wildman–Crippen LogP) is 10.4. The van der Waals surface area contributed by atoms with Crippen molar-refractivity contribution < 1.29 is 42.7 Å². The number of nitrogens with zero attached hydrogens (tertiary/aromatic N) is 13. The summed E-state index contributed by atoms with van der Waals surface area (Å²) >= 11 is 0. The van der Waals surface area contributed by atoms with Gasteiger partial charge in [-0.25, -0.2) is 43.5 Å². The first-order valence-corrected chi connectivity index (χ1v) is 39.9. The summed E-state index contributed by atoms with van der Waals surface area (Å²) in [5, 5.41) is 55.5. The Morgan fingerprint density at radius 3 is 1.21 bits per heavy atom. The van der Waals surface area contributed by atoms with Crippen molar-refractivity contribution in [2.75, 3.05) is 94.2 Å². The maximum absolute atomic E-state index is 12.2. The summed E-state index contributed by atoms with van der Waals surface area (Å²) in [6.07, 6.45) is 24.0. The molecule has 27 heteroatoms. The minimum atomic E-state index is -2.37. The second-order valence-electron chi connectivity index (χ2n) is 29.5. The largest absolute Gasteiger partial charge is 0.393 e. The topological polar surface area (TPSA) is 300 Å². The van der Waals surface area contributed by atoms with E-state index in [1.54, 1.807) is 58.4 Å². The summed E-state index contributed by atoms with van der Waals surface area (Å²) < 4.78 is 52.2. The molecule has 25 nitrogen and oxygen atoms in total. The van der Waals surface area contributed by atoms with Crippen LogP contribution in [0.5, 0.6) is 0 Å². The molecule has 13 rings (SSSR count). The van der Waals surface area contributed by atoms with E-state index in [0.717, 1.165) is 157 Å². The molecule has 9 aromatic rings. The normalized spacial score (nSPS) is 22.5. The predicted molar refractivity (Wildman–Crippen MR) is 405 cm³/mol. The second-order valence-corrected chi connectivity index (χ2v) is 34.3. The van der Waals surface area contributed by atoms with Gasteiger partial charge in [0.15, 0.2) is 0 Å². The second kappa shape index (κ2) is 32.9. The third-order valence-electron chi connectivity index (χ3n) is 19.7. The number of pyridine rings is 3. The van der Waals surface area contributed by atoms with E-state index in [1.807, 2.05) is 59.8 Å². The summed E-state index contributed by atoms with van der Waals surface area (Å²) in [5.41, 5.74) is 12.2. The zero-order chi connectivity index (χ0) is 72.6. The number of methoxy groups -OCH3 is 3. The van der Waals surface area contributed by atoms with Crippen LogP contribution in [-0.2, 0) is 38.0 Å². The Labute approximate surface area is 600 Å². The molecule has 0 aromatic carbocycles. The summed E-state index contributed by atoms with van der Waals surface area (Å²) in [7, 11) is 0.296. The highest BCUT2D eigenvalue weighted by atomic mass is 32.2. The van der Waals surface area contributed by atoms with Gasteiger partial charge in [-0.3, -0.25) is 8.42 Å². The Morgan fingerprint density at radius 1 is 0.520 bits per heavy atom. The molecule has 0 spiro atoms. The lowest BCUT2D eigenvalue weighted by molar-refractivity contribution is -0.0267. The molecule has 9 aromatic heterocycles. The fourth-order valence-corrected chi connectivity index (χ4v) is 15.5. The van der Waals surface area contributed by atoms with Crippen molar-refractivity contribution in [3.05, 3.63) is 109 Å². The molecular weight excluding hydrogens is 1330 g/mol. The van der Waals surface area contributed by atoms with Crippen LogP contribution in [0.2, 0.25) is 0 Å².